The summed E-state index contributed by atoms with van der Waals surface area (Å²) in [6.45, 7) is -0.328. The van der Waals surface area contributed by atoms with E-state index in [-0.39, 0.29) is 11.4 Å². The zero-order valence-electron chi connectivity index (χ0n) is 14.7. The van der Waals surface area contributed by atoms with Gasteiger partial charge in [-0.15, -0.1) is 0 Å². The van der Waals surface area contributed by atoms with E-state index >= 15 is 4.39 Å². The van der Waals surface area contributed by atoms with Crippen molar-refractivity contribution in [2.24, 2.45) is 0 Å². The lowest BCUT2D eigenvalue weighted by molar-refractivity contribution is -0.117. The number of nitrogens with one attached hydrogen (secondary N) is 1. The fraction of sp³-hybridized carbons (Fsp3) is 0.111. The molecule has 2 N–H and O–H groups in total. The van der Waals surface area contributed by atoms with E-state index in [1.165, 1.54) is 35.3 Å². The maximum absolute atomic E-state index is 15.1. The third-order valence-corrected chi connectivity index (χ3v) is 5.74. The van der Waals surface area contributed by atoms with Crippen molar-refractivity contribution >= 4 is 21.8 Å². The van der Waals surface area contributed by atoms with Crippen molar-refractivity contribution in [1.82, 2.24) is 14.5 Å². The Hall–Kier alpha value is -3.47. The van der Waals surface area contributed by atoms with Crippen molar-refractivity contribution < 1.29 is 27.1 Å². The maximum Gasteiger partial charge on any atom is 0.326 e. The van der Waals surface area contributed by atoms with Crippen LogP contribution in [0.1, 0.15) is 5.56 Å². The van der Waals surface area contributed by atoms with Crippen molar-refractivity contribution in [3.05, 3.63) is 66.0 Å². The average molecular weight is 420 g/mol. The number of phenols is 1. The van der Waals surface area contributed by atoms with Gasteiger partial charge in [0.15, 0.2) is 5.82 Å². The number of rotatable bonds is 4. The molecule has 2 aromatic carbocycles. The van der Waals surface area contributed by atoms with E-state index in [2.05, 4.69) is 5.10 Å². The number of carbonyl (C=O) groups is 1. The van der Waals surface area contributed by atoms with Crippen LogP contribution in [0, 0.1) is 11.6 Å². The van der Waals surface area contributed by atoms with E-state index in [4.69, 9.17) is 0 Å². The highest BCUT2D eigenvalue weighted by Gasteiger charge is 2.38. The summed E-state index contributed by atoms with van der Waals surface area (Å²) in [4.78, 5) is 11.4. The molecule has 0 aliphatic carbocycles. The van der Waals surface area contributed by atoms with Crippen LogP contribution in [-0.2, 0) is 21.5 Å². The van der Waals surface area contributed by atoms with Gasteiger partial charge in [-0.3, -0.25) is 9.48 Å². The first-order valence-corrected chi connectivity index (χ1v) is 9.80. The van der Waals surface area contributed by atoms with Crippen LogP contribution in [0.4, 0.5) is 14.5 Å². The minimum atomic E-state index is -4.29. The Balaban J connectivity index is 1.69. The van der Waals surface area contributed by atoms with Gasteiger partial charge in [-0.2, -0.15) is 13.5 Å². The lowest BCUT2D eigenvalue weighted by Crippen LogP contribution is -2.30. The summed E-state index contributed by atoms with van der Waals surface area (Å²) in [6, 6.07) is 8.25. The van der Waals surface area contributed by atoms with Crippen LogP contribution in [0.5, 0.6) is 5.75 Å². The molecule has 150 valence electrons. The van der Waals surface area contributed by atoms with Gasteiger partial charge in [0.25, 0.3) is 5.91 Å². The number of aromatic hydroxyl groups is 1. The Kier molecular flexibility index (Phi) is 4.46. The highest BCUT2D eigenvalue weighted by Crippen LogP contribution is 2.38. The molecule has 29 heavy (non-hydrogen) atoms. The lowest BCUT2D eigenvalue weighted by Gasteiger charge is -2.18. The molecule has 1 aliphatic rings. The second kappa shape index (κ2) is 6.85. The van der Waals surface area contributed by atoms with Gasteiger partial charge in [0.05, 0.1) is 12.7 Å². The zero-order chi connectivity index (χ0) is 20.8. The molecule has 0 saturated carbocycles. The fourth-order valence-electron chi connectivity index (χ4n) is 3.03. The molecule has 2 heterocycles. The van der Waals surface area contributed by atoms with Gasteiger partial charge in [-0.05, 0) is 29.8 Å². The van der Waals surface area contributed by atoms with Crippen molar-refractivity contribution in [2.45, 2.75) is 6.54 Å². The highest BCUT2D eigenvalue weighted by molar-refractivity contribution is 7.92. The van der Waals surface area contributed by atoms with Crippen molar-refractivity contribution in [2.75, 3.05) is 10.8 Å². The van der Waals surface area contributed by atoms with Gasteiger partial charge in [0, 0.05) is 17.3 Å². The normalized spacial score (nSPS) is 15.5. The summed E-state index contributed by atoms with van der Waals surface area (Å²) in [5.74, 6) is -2.82. The van der Waals surface area contributed by atoms with E-state index in [0.29, 0.717) is 16.4 Å². The predicted molar refractivity (Wildman–Crippen MR) is 99.2 cm³/mol. The van der Waals surface area contributed by atoms with Crippen molar-refractivity contribution in [3.63, 3.8) is 0 Å². The van der Waals surface area contributed by atoms with Crippen LogP contribution in [0.15, 0.2) is 48.8 Å². The number of phenolic OH excluding ortho intramolecular Hbond substituents is 1. The monoisotopic (exact) mass is 420 g/mol. The third-order valence-electron chi connectivity index (χ3n) is 4.37. The summed E-state index contributed by atoms with van der Waals surface area (Å²) in [5, 5.41) is 14.2. The molecule has 11 heteroatoms. The molecular formula is C18H14F2N4O4S. The first kappa shape index (κ1) is 18.9. The molecule has 4 rings (SSSR count). The Bertz CT molecular complexity index is 1210. The lowest BCUT2D eigenvalue weighted by atomic mass is 10.1. The van der Waals surface area contributed by atoms with Crippen LogP contribution in [-0.4, -0.2) is 35.8 Å². The molecule has 8 nitrogen and oxygen atoms in total. The standard InChI is InChI=1S/C18H14F2N4O4S/c19-13-3-1-11(2-4-13)8-23-9-12(7-21-23)14-5-6-15(25)18(17(14)20)24-10-16(26)22-29(24,27)28/h1-7,9,25H,8,10H2,(H,22,26). The van der Waals surface area contributed by atoms with Crippen LogP contribution >= 0.6 is 0 Å². The molecule has 0 bridgehead atoms. The van der Waals surface area contributed by atoms with Gasteiger partial charge >= 0.3 is 10.2 Å². The Morgan fingerprint density at radius 2 is 1.86 bits per heavy atom. The molecule has 0 spiro atoms. The first-order valence-electron chi connectivity index (χ1n) is 8.36. The largest absolute Gasteiger partial charge is 0.506 e. The molecule has 1 amide bonds. The minimum absolute atomic E-state index is 0.00212. The number of amides is 1. The number of benzene rings is 2. The second-order valence-electron chi connectivity index (χ2n) is 6.38. The van der Waals surface area contributed by atoms with Gasteiger partial charge in [-0.25, -0.2) is 17.8 Å². The summed E-state index contributed by atoms with van der Waals surface area (Å²) < 4.78 is 55.9. The molecule has 1 saturated heterocycles. The van der Waals surface area contributed by atoms with Gasteiger partial charge in [-0.1, -0.05) is 12.1 Å². The number of hydrogen-bond acceptors (Lipinski definition) is 5. The Labute approximate surface area is 164 Å². The molecule has 1 fully saturated rings. The number of halogens is 2. The van der Waals surface area contributed by atoms with E-state index in [1.54, 1.807) is 16.9 Å². The van der Waals surface area contributed by atoms with Crippen LogP contribution in [0.2, 0.25) is 0 Å². The van der Waals surface area contributed by atoms with Crippen LogP contribution in [0.3, 0.4) is 0 Å². The molecule has 0 atom stereocenters. The minimum Gasteiger partial charge on any atom is -0.506 e. The number of aromatic nitrogens is 2. The Morgan fingerprint density at radius 3 is 2.52 bits per heavy atom. The number of hydrogen-bond donors (Lipinski definition) is 2. The van der Waals surface area contributed by atoms with Crippen LogP contribution in [0.25, 0.3) is 11.1 Å². The Morgan fingerprint density at radius 1 is 1.14 bits per heavy atom. The van der Waals surface area contributed by atoms with Gasteiger partial charge < -0.3 is 5.11 Å². The second-order valence-corrected chi connectivity index (χ2v) is 7.98. The molecular weight excluding hydrogens is 406 g/mol. The number of anilines is 1. The van der Waals surface area contributed by atoms with E-state index in [0.717, 1.165) is 11.6 Å². The molecule has 1 aliphatic heterocycles. The van der Waals surface area contributed by atoms with E-state index in [9.17, 15) is 22.7 Å². The highest BCUT2D eigenvalue weighted by atomic mass is 32.2. The van der Waals surface area contributed by atoms with Crippen LogP contribution < -0.4 is 9.03 Å². The number of carbonyl (C=O) groups excluding carboxylic acids is 1. The smallest absolute Gasteiger partial charge is 0.326 e. The van der Waals surface area contributed by atoms with E-state index < -0.39 is 39.9 Å². The topological polar surface area (TPSA) is 105 Å². The predicted octanol–water partition coefficient (Wildman–Crippen LogP) is 1.76. The molecule has 3 aromatic rings. The maximum atomic E-state index is 15.1. The van der Waals surface area contributed by atoms with Crippen molar-refractivity contribution in [3.8, 4) is 16.9 Å². The summed E-state index contributed by atoms with van der Waals surface area (Å²) in [6.07, 6.45) is 2.91. The fourth-order valence-corrected chi connectivity index (χ4v) is 4.19. The van der Waals surface area contributed by atoms with Crippen molar-refractivity contribution in [1.29, 1.82) is 0 Å². The molecule has 0 unspecified atom stereocenters. The quantitative estimate of drug-likeness (QED) is 0.669. The number of nitrogens with zero attached hydrogens (tertiary/aromatic N) is 3. The van der Waals surface area contributed by atoms with E-state index in [1.807, 2.05) is 0 Å². The molecule has 1 aromatic heterocycles. The van der Waals surface area contributed by atoms with Gasteiger partial charge in [0.1, 0.15) is 23.8 Å². The first-order chi connectivity index (χ1) is 13.7. The SMILES string of the molecule is O=C1CN(c2c(O)ccc(-c3cnn(Cc4ccc(F)cc4)c3)c2F)S(=O)(=O)N1. The average Bonchev–Trinajstić information content (AvgIpc) is 3.21. The summed E-state index contributed by atoms with van der Waals surface area (Å²) >= 11 is 0. The third kappa shape index (κ3) is 3.51. The summed E-state index contributed by atoms with van der Waals surface area (Å²) in [7, 11) is -4.29. The van der Waals surface area contributed by atoms with Gasteiger partial charge in [0.2, 0.25) is 0 Å². The zero-order valence-corrected chi connectivity index (χ0v) is 15.5. The summed E-state index contributed by atoms with van der Waals surface area (Å²) in [5.41, 5.74) is 0.493. The molecule has 0 radical (unpaired) electrons.